The van der Waals surface area contributed by atoms with Crippen molar-refractivity contribution < 1.29 is 0 Å². The van der Waals surface area contributed by atoms with E-state index in [2.05, 4.69) is 15.7 Å². The number of thiocarbonyl (C=S) groups is 1. The maximum atomic E-state index is 5.80. The molecule has 0 bridgehead atoms. The summed E-state index contributed by atoms with van der Waals surface area (Å²) >= 11 is 11.1. The SMILES string of the molecule is S=C(NCCCn1cc(Cl)cn1)NC1CCCCC1. The number of rotatable bonds is 5. The first kappa shape index (κ1) is 14.6. The Morgan fingerprint density at radius 2 is 2.21 bits per heavy atom. The Bertz CT molecular complexity index is 401. The molecule has 1 aliphatic carbocycles. The molecule has 1 aromatic rings. The van der Waals surface area contributed by atoms with Crippen molar-refractivity contribution in [1.29, 1.82) is 0 Å². The van der Waals surface area contributed by atoms with Crippen LogP contribution in [0.25, 0.3) is 0 Å². The highest BCUT2D eigenvalue weighted by molar-refractivity contribution is 7.80. The van der Waals surface area contributed by atoms with Gasteiger partial charge in [0.05, 0.1) is 11.2 Å². The summed E-state index contributed by atoms with van der Waals surface area (Å²) in [6.07, 6.45) is 11.0. The van der Waals surface area contributed by atoms with Crippen LogP contribution >= 0.6 is 23.8 Å². The maximum Gasteiger partial charge on any atom is 0.166 e. The van der Waals surface area contributed by atoms with Crippen LogP contribution < -0.4 is 10.6 Å². The summed E-state index contributed by atoms with van der Waals surface area (Å²) in [5.74, 6) is 0. The van der Waals surface area contributed by atoms with E-state index in [1.165, 1.54) is 32.1 Å². The topological polar surface area (TPSA) is 41.9 Å². The molecule has 6 heteroatoms. The van der Waals surface area contributed by atoms with Crippen LogP contribution in [0, 0.1) is 0 Å². The summed E-state index contributed by atoms with van der Waals surface area (Å²) < 4.78 is 1.85. The van der Waals surface area contributed by atoms with E-state index in [4.69, 9.17) is 23.8 Å². The van der Waals surface area contributed by atoms with Crippen LogP contribution in [0.15, 0.2) is 12.4 Å². The van der Waals surface area contributed by atoms with Gasteiger partial charge in [0.1, 0.15) is 0 Å². The van der Waals surface area contributed by atoms with E-state index in [9.17, 15) is 0 Å². The van der Waals surface area contributed by atoms with Crippen molar-refractivity contribution >= 4 is 28.9 Å². The van der Waals surface area contributed by atoms with Gasteiger partial charge in [0.25, 0.3) is 0 Å². The second-order valence-corrected chi connectivity index (χ2v) is 5.86. The lowest BCUT2D eigenvalue weighted by Crippen LogP contribution is -2.43. The van der Waals surface area contributed by atoms with Gasteiger partial charge >= 0.3 is 0 Å². The van der Waals surface area contributed by atoms with Gasteiger partial charge in [0, 0.05) is 25.3 Å². The second kappa shape index (κ2) is 7.70. The molecule has 0 saturated heterocycles. The standard InChI is InChI=1S/C13H21ClN4S/c14-11-9-16-18(10-11)8-4-7-15-13(19)17-12-5-2-1-3-6-12/h9-10,12H,1-8H2,(H2,15,17,19). The molecule has 1 aliphatic rings. The van der Waals surface area contributed by atoms with E-state index in [1.54, 1.807) is 6.20 Å². The van der Waals surface area contributed by atoms with Gasteiger partial charge in [-0.3, -0.25) is 4.68 Å². The summed E-state index contributed by atoms with van der Waals surface area (Å²) in [7, 11) is 0. The summed E-state index contributed by atoms with van der Waals surface area (Å²) in [4.78, 5) is 0. The van der Waals surface area contributed by atoms with Crippen molar-refractivity contribution in [1.82, 2.24) is 20.4 Å². The lowest BCUT2D eigenvalue weighted by Gasteiger charge is -2.24. The van der Waals surface area contributed by atoms with Crippen molar-refractivity contribution in [2.45, 2.75) is 51.1 Å². The third-order valence-electron chi connectivity index (χ3n) is 3.39. The number of halogens is 1. The average molecular weight is 301 g/mol. The molecule has 0 unspecified atom stereocenters. The van der Waals surface area contributed by atoms with E-state index in [0.29, 0.717) is 11.1 Å². The third kappa shape index (κ3) is 5.37. The molecule has 19 heavy (non-hydrogen) atoms. The molecule has 2 rings (SSSR count). The molecule has 0 radical (unpaired) electrons. The molecule has 0 aromatic carbocycles. The Kier molecular flexibility index (Phi) is 5.92. The molecule has 0 amide bonds. The minimum absolute atomic E-state index is 0.568. The van der Waals surface area contributed by atoms with Gasteiger partial charge in [-0.05, 0) is 31.5 Å². The zero-order chi connectivity index (χ0) is 13.5. The first-order chi connectivity index (χ1) is 9.24. The Balaban J connectivity index is 1.56. The molecule has 4 nitrogen and oxygen atoms in total. The fraction of sp³-hybridized carbons (Fsp3) is 0.692. The van der Waals surface area contributed by atoms with E-state index in [1.807, 2.05) is 10.9 Å². The highest BCUT2D eigenvalue weighted by Crippen LogP contribution is 2.17. The highest BCUT2D eigenvalue weighted by Gasteiger charge is 2.13. The van der Waals surface area contributed by atoms with Crippen LogP contribution in [0.2, 0.25) is 5.02 Å². The molecule has 0 atom stereocenters. The Hall–Kier alpha value is -0.810. The van der Waals surface area contributed by atoms with Gasteiger partial charge in [-0.15, -0.1) is 0 Å². The van der Waals surface area contributed by atoms with E-state index in [0.717, 1.165) is 24.6 Å². The van der Waals surface area contributed by atoms with Gasteiger partial charge in [0.2, 0.25) is 0 Å². The largest absolute Gasteiger partial charge is 0.363 e. The summed E-state index contributed by atoms with van der Waals surface area (Å²) in [5.41, 5.74) is 0. The predicted octanol–water partition coefficient (Wildman–Crippen LogP) is 2.72. The molecular weight excluding hydrogens is 280 g/mol. The molecule has 1 fully saturated rings. The molecule has 1 heterocycles. The Labute approximate surface area is 124 Å². The number of hydrogen-bond acceptors (Lipinski definition) is 2. The maximum absolute atomic E-state index is 5.80. The van der Waals surface area contributed by atoms with Crippen LogP contribution in [0.5, 0.6) is 0 Å². The number of aryl methyl sites for hydroxylation is 1. The zero-order valence-electron chi connectivity index (χ0n) is 11.1. The van der Waals surface area contributed by atoms with E-state index < -0.39 is 0 Å². The van der Waals surface area contributed by atoms with E-state index in [-0.39, 0.29) is 0 Å². The van der Waals surface area contributed by atoms with E-state index >= 15 is 0 Å². The van der Waals surface area contributed by atoms with Crippen LogP contribution in [0.1, 0.15) is 38.5 Å². The van der Waals surface area contributed by atoms with Crippen molar-refractivity contribution in [2.24, 2.45) is 0 Å². The predicted molar refractivity (Wildman–Crippen MR) is 82.5 cm³/mol. The van der Waals surface area contributed by atoms with Gasteiger partial charge in [-0.1, -0.05) is 30.9 Å². The van der Waals surface area contributed by atoms with Crippen molar-refractivity contribution in [3.8, 4) is 0 Å². The lowest BCUT2D eigenvalue weighted by molar-refractivity contribution is 0.411. The van der Waals surface area contributed by atoms with Gasteiger partial charge in [0.15, 0.2) is 5.11 Å². The number of nitrogens with zero attached hydrogens (tertiary/aromatic N) is 2. The minimum atomic E-state index is 0.568. The summed E-state index contributed by atoms with van der Waals surface area (Å²) in [6.45, 7) is 1.71. The van der Waals surface area contributed by atoms with Gasteiger partial charge < -0.3 is 10.6 Å². The first-order valence-electron chi connectivity index (χ1n) is 6.96. The molecule has 1 saturated carbocycles. The molecule has 0 spiro atoms. The lowest BCUT2D eigenvalue weighted by atomic mass is 9.96. The molecule has 106 valence electrons. The zero-order valence-corrected chi connectivity index (χ0v) is 12.6. The summed E-state index contributed by atoms with van der Waals surface area (Å²) in [5, 5.41) is 12.3. The number of hydrogen-bond donors (Lipinski definition) is 2. The molecule has 2 N–H and O–H groups in total. The van der Waals surface area contributed by atoms with Crippen LogP contribution in [0.4, 0.5) is 0 Å². The van der Waals surface area contributed by atoms with Crippen molar-refractivity contribution in [3.05, 3.63) is 17.4 Å². The van der Waals surface area contributed by atoms with Crippen molar-refractivity contribution in [3.63, 3.8) is 0 Å². The van der Waals surface area contributed by atoms with Crippen LogP contribution in [-0.2, 0) is 6.54 Å². The van der Waals surface area contributed by atoms with Crippen LogP contribution in [0.3, 0.4) is 0 Å². The molecular formula is C13H21ClN4S. The summed E-state index contributed by atoms with van der Waals surface area (Å²) in [6, 6.07) is 0.568. The quantitative estimate of drug-likeness (QED) is 0.648. The fourth-order valence-electron chi connectivity index (χ4n) is 2.39. The second-order valence-electron chi connectivity index (χ2n) is 5.01. The van der Waals surface area contributed by atoms with Gasteiger partial charge in [-0.2, -0.15) is 5.10 Å². The normalized spacial score (nSPS) is 16.3. The smallest absolute Gasteiger partial charge is 0.166 e. The first-order valence-corrected chi connectivity index (χ1v) is 7.75. The van der Waals surface area contributed by atoms with Gasteiger partial charge in [-0.25, -0.2) is 0 Å². The Morgan fingerprint density at radius 1 is 1.42 bits per heavy atom. The average Bonchev–Trinajstić information content (AvgIpc) is 2.82. The highest BCUT2D eigenvalue weighted by atomic mass is 35.5. The van der Waals surface area contributed by atoms with Crippen LogP contribution in [-0.4, -0.2) is 27.5 Å². The minimum Gasteiger partial charge on any atom is -0.363 e. The Morgan fingerprint density at radius 3 is 2.89 bits per heavy atom. The molecule has 0 aliphatic heterocycles. The molecule has 1 aromatic heterocycles. The monoisotopic (exact) mass is 300 g/mol. The third-order valence-corrected chi connectivity index (χ3v) is 3.85. The van der Waals surface area contributed by atoms with Crippen molar-refractivity contribution in [2.75, 3.05) is 6.54 Å². The fourth-order valence-corrected chi connectivity index (χ4v) is 2.81. The number of aromatic nitrogens is 2. The number of nitrogens with one attached hydrogen (secondary N) is 2.